The lowest BCUT2D eigenvalue weighted by Gasteiger charge is -2.27. The topological polar surface area (TPSA) is 54.5 Å². The van der Waals surface area contributed by atoms with Crippen molar-refractivity contribution >= 4 is 40.8 Å². The van der Waals surface area contributed by atoms with Gasteiger partial charge in [-0.15, -0.1) is 11.8 Å². The van der Waals surface area contributed by atoms with Gasteiger partial charge in [0.2, 0.25) is 0 Å². The second kappa shape index (κ2) is 9.16. The van der Waals surface area contributed by atoms with E-state index in [-0.39, 0.29) is 12.0 Å². The average molecular weight is 420 g/mol. The van der Waals surface area contributed by atoms with Crippen LogP contribution in [0, 0.1) is 13.8 Å². The number of nitrogens with one attached hydrogen (secondary N) is 1. The number of pyridine rings is 1. The van der Waals surface area contributed by atoms with Crippen molar-refractivity contribution in [2.75, 3.05) is 36.2 Å². The molecule has 7 heteroatoms. The zero-order valence-corrected chi connectivity index (χ0v) is 18.3. The first kappa shape index (κ1) is 21.0. The fourth-order valence-corrected chi connectivity index (χ4v) is 3.99. The highest BCUT2D eigenvalue weighted by atomic mass is 35.5. The van der Waals surface area contributed by atoms with Crippen LogP contribution in [0.15, 0.2) is 29.2 Å². The predicted molar refractivity (Wildman–Crippen MR) is 117 cm³/mol. The van der Waals surface area contributed by atoms with Gasteiger partial charge in [0.05, 0.1) is 22.4 Å². The standard InChI is InChI=1S/C21H26ClN3O2S/c1-13-12-25(9-6-10-27-13)20-18(14(2)19(22)15(3)23-20)21(26)24-16-7-5-8-17(11-16)28-4/h5,7-8,11,13H,6,9-10,12H2,1-4H3,(H,24,26)/t13-/m0/s1. The van der Waals surface area contributed by atoms with E-state index in [9.17, 15) is 4.79 Å². The molecule has 1 fully saturated rings. The molecule has 1 aliphatic heterocycles. The molecule has 0 unspecified atom stereocenters. The Morgan fingerprint density at radius 3 is 2.93 bits per heavy atom. The number of aryl methyl sites for hydroxylation is 1. The van der Waals surface area contributed by atoms with Crippen LogP contribution in [-0.2, 0) is 4.74 Å². The van der Waals surface area contributed by atoms with Crippen LogP contribution >= 0.6 is 23.4 Å². The lowest BCUT2D eigenvalue weighted by molar-refractivity contribution is 0.0820. The third-order valence-corrected chi connectivity index (χ3v) is 6.11. The largest absolute Gasteiger partial charge is 0.377 e. The van der Waals surface area contributed by atoms with E-state index in [2.05, 4.69) is 10.2 Å². The van der Waals surface area contributed by atoms with Crippen molar-refractivity contribution in [2.24, 2.45) is 0 Å². The monoisotopic (exact) mass is 419 g/mol. The molecule has 5 nitrogen and oxygen atoms in total. The van der Waals surface area contributed by atoms with E-state index in [0.717, 1.165) is 34.8 Å². The number of nitrogens with zero attached hydrogens (tertiary/aromatic N) is 2. The third-order valence-electron chi connectivity index (χ3n) is 4.83. The lowest BCUT2D eigenvalue weighted by atomic mass is 10.1. The van der Waals surface area contributed by atoms with E-state index in [0.29, 0.717) is 29.6 Å². The van der Waals surface area contributed by atoms with Crippen LogP contribution in [-0.4, -0.2) is 42.9 Å². The van der Waals surface area contributed by atoms with E-state index < -0.39 is 0 Å². The summed E-state index contributed by atoms with van der Waals surface area (Å²) in [5.41, 5.74) is 2.76. The summed E-state index contributed by atoms with van der Waals surface area (Å²) >= 11 is 8.10. The van der Waals surface area contributed by atoms with Crippen molar-refractivity contribution in [2.45, 2.75) is 38.2 Å². The van der Waals surface area contributed by atoms with Crippen LogP contribution in [0.5, 0.6) is 0 Å². The summed E-state index contributed by atoms with van der Waals surface area (Å²) in [5.74, 6) is 0.480. The molecule has 1 N–H and O–H groups in total. The van der Waals surface area contributed by atoms with Gasteiger partial charge in [0.25, 0.3) is 5.91 Å². The number of halogens is 1. The van der Waals surface area contributed by atoms with E-state index in [1.807, 2.05) is 51.3 Å². The molecule has 150 valence electrons. The molecule has 0 radical (unpaired) electrons. The van der Waals surface area contributed by atoms with Crippen LogP contribution in [0.3, 0.4) is 0 Å². The number of ether oxygens (including phenoxy) is 1. The van der Waals surface area contributed by atoms with Gasteiger partial charge in [-0.3, -0.25) is 4.79 Å². The van der Waals surface area contributed by atoms with E-state index in [1.165, 1.54) is 0 Å². The fourth-order valence-electron chi connectivity index (χ4n) is 3.39. The van der Waals surface area contributed by atoms with E-state index in [4.69, 9.17) is 21.3 Å². The number of hydrogen-bond acceptors (Lipinski definition) is 5. The fraction of sp³-hybridized carbons (Fsp3) is 0.429. The summed E-state index contributed by atoms with van der Waals surface area (Å²) in [7, 11) is 0. The Bertz CT molecular complexity index is 875. The molecule has 0 bridgehead atoms. The zero-order valence-electron chi connectivity index (χ0n) is 16.7. The smallest absolute Gasteiger partial charge is 0.259 e. The molecule has 1 aromatic carbocycles. The van der Waals surface area contributed by atoms with Gasteiger partial charge in [0.15, 0.2) is 0 Å². The molecule has 28 heavy (non-hydrogen) atoms. The summed E-state index contributed by atoms with van der Waals surface area (Å²) in [6.07, 6.45) is 2.98. The summed E-state index contributed by atoms with van der Waals surface area (Å²) in [4.78, 5) is 21.2. The Kier molecular flexibility index (Phi) is 6.86. The maximum Gasteiger partial charge on any atom is 0.259 e. The van der Waals surface area contributed by atoms with Crippen molar-refractivity contribution in [1.82, 2.24) is 4.98 Å². The Morgan fingerprint density at radius 1 is 1.39 bits per heavy atom. The van der Waals surface area contributed by atoms with Crippen molar-refractivity contribution < 1.29 is 9.53 Å². The van der Waals surface area contributed by atoms with Crippen molar-refractivity contribution in [3.8, 4) is 0 Å². The second-order valence-electron chi connectivity index (χ2n) is 7.00. The van der Waals surface area contributed by atoms with Gasteiger partial charge >= 0.3 is 0 Å². The lowest BCUT2D eigenvalue weighted by Crippen LogP contribution is -2.33. The number of aromatic nitrogens is 1. The van der Waals surface area contributed by atoms with Crippen LogP contribution in [0.4, 0.5) is 11.5 Å². The molecule has 0 aliphatic carbocycles. The van der Waals surface area contributed by atoms with Crippen LogP contribution in [0.25, 0.3) is 0 Å². The van der Waals surface area contributed by atoms with Gasteiger partial charge in [-0.1, -0.05) is 17.7 Å². The van der Waals surface area contributed by atoms with Gasteiger partial charge in [-0.2, -0.15) is 0 Å². The number of carbonyl (C=O) groups is 1. The molecule has 3 rings (SSSR count). The Balaban J connectivity index is 2.00. The minimum absolute atomic E-state index is 0.0785. The Labute approximate surface area is 175 Å². The Hall–Kier alpha value is -1.76. The second-order valence-corrected chi connectivity index (χ2v) is 8.26. The van der Waals surface area contributed by atoms with E-state index >= 15 is 0 Å². The highest BCUT2D eigenvalue weighted by molar-refractivity contribution is 7.98. The highest BCUT2D eigenvalue weighted by Crippen LogP contribution is 2.31. The maximum atomic E-state index is 13.3. The number of benzene rings is 1. The predicted octanol–water partition coefficient (Wildman–Crippen LogP) is 4.94. The number of anilines is 2. The number of thioether (sulfide) groups is 1. The molecular formula is C21H26ClN3O2S. The van der Waals surface area contributed by atoms with Crippen LogP contribution in [0.1, 0.15) is 35.0 Å². The minimum Gasteiger partial charge on any atom is -0.377 e. The normalized spacial score (nSPS) is 17.3. The third kappa shape index (κ3) is 4.62. The van der Waals surface area contributed by atoms with Crippen LogP contribution in [0.2, 0.25) is 5.02 Å². The molecule has 2 aromatic rings. The highest BCUT2D eigenvalue weighted by Gasteiger charge is 2.26. The van der Waals surface area contributed by atoms with Gasteiger partial charge in [0, 0.05) is 30.3 Å². The van der Waals surface area contributed by atoms with Crippen LogP contribution < -0.4 is 10.2 Å². The van der Waals surface area contributed by atoms with Gasteiger partial charge < -0.3 is 15.0 Å². The molecule has 1 saturated heterocycles. The maximum absolute atomic E-state index is 13.3. The molecule has 1 aliphatic rings. The molecule has 1 atom stereocenters. The van der Waals surface area contributed by atoms with Crippen molar-refractivity contribution in [1.29, 1.82) is 0 Å². The summed E-state index contributed by atoms with van der Waals surface area (Å²) in [6, 6.07) is 7.80. The number of carbonyl (C=O) groups excluding carboxylic acids is 1. The van der Waals surface area contributed by atoms with Gasteiger partial charge in [-0.05, 0) is 57.2 Å². The molecule has 1 amide bonds. The number of rotatable bonds is 4. The molecule has 1 aromatic heterocycles. The Morgan fingerprint density at radius 2 is 2.18 bits per heavy atom. The molecular weight excluding hydrogens is 394 g/mol. The number of hydrogen-bond donors (Lipinski definition) is 1. The number of amides is 1. The summed E-state index contributed by atoms with van der Waals surface area (Å²) < 4.78 is 5.76. The first-order valence-corrected chi connectivity index (χ1v) is 11.0. The van der Waals surface area contributed by atoms with Crippen molar-refractivity contribution in [3.05, 3.63) is 46.1 Å². The van der Waals surface area contributed by atoms with Crippen molar-refractivity contribution in [3.63, 3.8) is 0 Å². The van der Waals surface area contributed by atoms with Gasteiger partial charge in [0.1, 0.15) is 5.82 Å². The molecule has 2 heterocycles. The first-order chi connectivity index (χ1) is 13.4. The zero-order chi connectivity index (χ0) is 20.3. The van der Waals surface area contributed by atoms with E-state index in [1.54, 1.807) is 11.8 Å². The minimum atomic E-state index is -0.196. The molecule has 0 spiro atoms. The summed E-state index contributed by atoms with van der Waals surface area (Å²) in [5, 5.41) is 3.55. The summed E-state index contributed by atoms with van der Waals surface area (Å²) in [6.45, 7) is 8.00. The quantitative estimate of drug-likeness (QED) is 0.711. The van der Waals surface area contributed by atoms with Gasteiger partial charge in [-0.25, -0.2) is 4.98 Å². The first-order valence-electron chi connectivity index (χ1n) is 9.39. The SMILES string of the molecule is CSc1cccc(NC(=O)c2c(N3CCCO[C@@H](C)C3)nc(C)c(Cl)c2C)c1. The molecule has 0 saturated carbocycles. The average Bonchev–Trinajstić information content (AvgIpc) is 2.90.